The Hall–Kier alpha value is -3.45. The molecule has 1 fully saturated rings. The average Bonchev–Trinajstić information content (AvgIpc) is 2.80. The number of fused-ring (bicyclic) bond motifs is 1. The lowest BCUT2D eigenvalue weighted by Gasteiger charge is -2.34. The van der Waals surface area contributed by atoms with E-state index in [1.165, 1.54) is 5.69 Å². The number of nitrogens with one attached hydrogen (secondary N) is 1. The van der Waals surface area contributed by atoms with E-state index in [0.29, 0.717) is 17.9 Å². The van der Waals surface area contributed by atoms with Crippen molar-refractivity contribution in [2.45, 2.75) is 6.42 Å². The lowest BCUT2D eigenvalue weighted by Crippen LogP contribution is -2.44. The fourth-order valence-corrected chi connectivity index (χ4v) is 4.23. The van der Waals surface area contributed by atoms with E-state index in [1.54, 1.807) is 12.4 Å². The maximum atomic E-state index is 12.0. The lowest BCUT2D eigenvalue weighted by molar-refractivity contribution is 0.0945. The first-order valence-electron chi connectivity index (χ1n) is 10.7. The molecule has 7 nitrogen and oxygen atoms in total. The van der Waals surface area contributed by atoms with E-state index in [-0.39, 0.29) is 5.91 Å². The van der Waals surface area contributed by atoms with E-state index in [1.807, 2.05) is 12.1 Å². The first-order valence-corrected chi connectivity index (χ1v) is 10.7. The van der Waals surface area contributed by atoms with E-state index in [4.69, 9.17) is 5.73 Å². The van der Waals surface area contributed by atoms with Crippen molar-refractivity contribution in [3.8, 4) is 22.4 Å². The highest BCUT2D eigenvalue weighted by Gasteiger charge is 2.19. The van der Waals surface area contributed by atoms with Crippen molar-refractivity contribution in [2.75, 3.05) is 50.4 Å². The van der Waals surface area contributed by atoms with E-state index in [2.05, 4.69) is 56.4 Å². The summed E-state index contributed by atoms with van der Waals surface area (Å²) in [5.41, 5.74) is 12.7. The molecule has 158 valence electrons. The van der Waals surface area contributed by atoms with Crippen molar-refractivity contribution in [3.63, 3.8) is 0 Å². The summed E-state index contributed by atoms with van der Waals surface area (Å²) in [6.07, 6.45) is 4.23. The van der Waals surface area contributed by atoms with Crippen LogP contribution in [0.4, 0.5) is 11.5 Å². The molecule has 2 aliphatic rings. The Kier molecular flexibility index (Phi) is 5.03. The predicted octanol–water partition coefficient (Wildman–Crippen LogP) is 2.43. The van der Waals surface area contributed by atoms with Crippen LogP contribution in [0.5, 0.6) is 0 Å². The second-order valence-corrected chi connectivity index (χ2v) is 8.23. The largest absolute Gasteiger partial charge is 0.383 e. The van der Waals surface area contributed by atoms with Crippen LogP contribution in [-0.4, -0.2) is 60.5 Å². The number of piperazine rings is 1. The second kappa shape index (κ2) is 8.00. The summed E-state index contributed by atoms with van der Waals surface area (Å²) in [6, 6.07) is 12.6. The van der Waals surface area contributed by atoms with E-state index < -0.39 is 0 Å². The SMILES string of the molecule is CN1CCN(c2ccc(-c3cnc(N)c(-c4cc5c(cn4)C(=O)NCC5)c3)cc2)CC1. The number of pyridine rings is 2. The van der Waals surface area contributed by atoms with Crippen molar-refractivity contribution in [2.24, 2.45) is 0 Å². The van der Waals surface area contributed by atoms with Gasteiger partial charge in [-0.25, -0.2) is 4.98 Å². The first kappa shape index (κ1) is 19.5. The normalized spacial score (nSPS) is 16.7. The highest BCUT2D eigenvalue weighted by molar-refractivity contribution is 5.97. The van der Waals surface area contributed by atoms with Crippen molar-refractivity contribution < 1.29 is 4.79 Å². The van der Waals surface area contributed by atoms with Crippen molar-refractivity contribution in [1.82, 2.24) is 20.2 Å². The van der Waals surface area contributed by atoms with Crippen LogP contribution in [-0.2, 0) is 6.42 Å². The van der Waals surface area contributed by atoms with Crippen LogP contribution in [0.1, 0.15) is 15.9 Å². The Morgan fingerprint density at radius 1 is 0.935 bits per heavy atom. The van der Waals surface area contributed by atoms with E-state index in [9.17, 15) is 4.79 Å². The number of amides is 1. The smallest absolute Gasteiger partial charge is 0.253 e. The topological polar surface area (TPSA) is 87.4 Å². The molecular formula is C24H26N6O. The number of benzene rings is 1. The maximum Gasteiger partial charge on any atom is 0.253 e. The third kappa shape index (κ3) is 3.84. The van der Waals surface area contributed by atoms with Crippen LogP contribution >= 0.6 is 0 Å². The number of anilines is 2. The third-order valence-corrected chi connectivity index (χ3v) is 6.18. The van der Waals surface area contributed by atoms with Crippen LogP contribution in [0.15, 0.2) is 48.8 Å². The third-order valence-electron chi connectivity index (χ3n) is 6.18. The second-order valence-electron chi connectivity index (χ2n) is 8.23. The number of rotatable bonds is 3. The lowest BCUT2D eigenvalue weighted by atomic mass is 9.98. The fraction of sp³-hybridized carbons (Fsp3) is 0.292. The molecule has 3 N–H and O–H groups in total. The number of carbonyl (C=O) groups excluding carboxylic acids is 1. The summed E-state index contributed by atoms with van der Waals surface area (Å²) in [5, 5.41) is 2.85. The number of likely N-dealkylation sites (N-methyl/N-ethyl adjacent to an activating group) is 1. The number of nitrogens with two attached hydrogens (primary N) is 1. The van der Waals surface area contributed by atoms with Gasteiger partial charge in [0.2, 0.25) is 0 Å². The van der Waals surface area contributed by atoms with Crippen LogP contribution in [0, 0.1) is 0 Å². The van der Waals surface area contributed by atoms with Crippen molar-refractivity contribution in [3.05, 3.63) is 59.9 Å². The molecular weight excluding hydrogens is 388 g/mol. The number of nitrogen functional groups attached to an aromatic ring is 1. The van der Waals surface area contributed by atoms with E-state index >= 15 is 0 Å². The molecule has 0 spiro atoms. The highest BCUT2D eigenvalue weighted by Crippen LogP contribution is 2.31. The van der Waals surface area contributed by atoms with Gasteiger partial charge in [0.05, 0.1) is 11.3 Å². The highest BCUT2D eigenvalue weighted by atomic mass is 16.1. The van der Waals surface area contributed by atoms with Crippen LogP contribution in [0.25, 0.3) is 22.4 Å². The molecule has 31 heavy (non-hydrogen) atoms. The summed E-state index contributed by atoms with van der Waals surface area (Å²) < 4.78 is 0. The first-order chi connectivity index (χ1) is 15.1. The van der Waals surface area contributed by atoms with Crippen LogP contribution in [0.2, 0.25) is 0 Å². The average molecular weight is 415 g/mol. The van der Waals surface area contributed by atoms with Crippen LogP contribution < -0.4 is 16.0 Å². The molecule has 3 aromatic rings. The van der Waals surface area contributed by atoms with Gasteiger partial charge in [-0.2, -0.15) is 0 Å². The van der Waals surface area contributed by atoms with Gasteiger partial charge in [-0.1, -0.05) is 12.1 Å². The van der Waals surface area contributed by atoms with Gasteiger partial charge in [0, 0.05) is 61.9 Å². The van der Waals surface area contributed by atoms with E-state index in [0.717, 1.165) is 60.5 Å². The zero-order valence-corrected chi connectivity index (χ0v) is 17.6. The summed E-state index contributed by atoms with van der Waals surface area (Å²) in [6.45, 7) is 4.91. The minimum absolute atomic E-state index is 0.0689. The Bertz CT molecular complexity index is 1120. The van der Waals surface area contributed by atoms with Gasteiger partial charge in [0.1, 0.15) is 5.82 Å². The standard InChI is InChI=1S/C24H26N6O/c1-29-8-10-30(11-9-29)19-4-2-16(3-5-19)18-12-20(23(25)28-14-18)22-13-17-6-7-26-24(31)21(17)15-27-22/h2-5,12-15H,6-11H2,1H3,(H2,25,28)(H,26,31). The minimum atomic E-state index is -0.0689. The monoisotopic (exact) mass is 414 g/mol. The summed E-state index contributed by atoms with van der Waals surface area (Å²) >= 11 is 0. The molecule has 0 bridgehead atoms. The van der Waals surface area contributed by atoms with Gasteiger partial charge in [-0.15, -0.1) is 0 Å². The molecule has 0 aliphatic carbocycles. The molecule has 1 aromatic carbocycles. The summed E-state index contributed by atoms with van der Waals surface area (Å²) in [4.78, 5) is 25.7. The van der Waals surface area contributed by atoms with Gasteiger partial charge < -0.3 is 20.9 Å². The van der Waals surface area contributed by atoms with Gasteiger partial charge >= 0.3 is 0 Å². The molecule has 2 aliphatic heterocycles. The van der Waals surface area contributed by atoms with Crippen LogP contribution in [0.3, 0.4) is 0 Å². The number of nitrogens with zero attached hydrogens (tertiary/aromatic N) is 4. The molecule has 2 aromatic heterocycles. The maximum absolute atomic E-state index is 12.0. The van der Waals surface area contributed by atoms with Crippen molar-refractivity contribution >= 4 is 17.4 Å². The van der Waals surface area contributed by atoms with Gasteiger partial charge in [0.15, 0.2) is 0 Å². The summed E-state index contributed by atoms with van der Waals surface area (Å²) in [5.74, 6) is 0.367. The number of aromatic nitrogens is 2. The molecule has 0 unspecified atom stereocenters. The van der Waals surface area contributed by atoms with Gasteiger partial charge in [0.25, 0.3) is 5.91 Å². The molecule has 0 atom stereocenters. The molecule has 5 rings (SSSR count). The molecule has 1 amide bonds. The Morgan fingerprint density at radius 3 is 2.48 bits per heavy atom. The summed E-state index contributed by atoms with van der Waals surface area (Å²) in [7, 11) is 2.16. The molecule has 7 heteroatoms. The molecule has 4 heterocycles. The quantitative estimate of drug-likeness (QED) is 0.685. The zero-order valence-electron chi connectivity index (χ0n) is 17.6. The van der Waals surface area contributed by atoms with Crippen molar-refractivity contribution in [1.29, 1.82) is 0 Å². The Morgan fingerprint density at radius 2 is 1.71 bits per heavy atom. The molecule has 1 saturated heterocycles. The number of hydrogen-bond acceptors (Lipinski definition) is 6. The Balaban J connectivity index is 1.43. The fourth-order valence-electron chi connectivity index (χ4n) is 4.23. The minimum Gasteiger partial charge on any atom is -0.383 e. The van der Waals surface area contributed by atoms with Gasteiger partial charge in [-0.05, 0) is 48.9 Å². The molecule has 0 radical (unpaired) electrons. The zero-order chi connectivity index (χ0) is 21.4. The predicted molar refractivity (Wildman–Crippen MR) is 123 cm³/mol. The van der Waals surface area contributed by atoms with Gasteiger partial charge in [-0.3, -0.25) is 9.78 Å². The number of hydrogen-bond donors (Lipinski definition) is 2. The Labute approximate surface area is 181 Å². The number of carbonyl (C=O) groups is 1. The molecule has 0 saturated carbocycles.